The van der Waals surface area contributed by atoms with Crippen LogP contribution in [0.1, 0.15) is 37.9 Å². The molecule has 1 heterocycles. The third kappa shape index (κ3) is 2.61. The van der Waals surface area contributed by atoms with E-state index in [1.54, 1.807) is 6.33 Å². The second kappa shape index (κ2) is 5.43. The van der Waals surface area contributed by atoms with Gasteiger partial charge in [0.1, 0.15) is 12.2 Å². The molecule has 2 atom stereocenters. The summed E-state index contributed by atoms with van der Waals surface area (Å²) in [5, 5.41) is 7.61. The topological polar surface area (TPSA) is 42.7 Å². The van der Waals surface area contributed by atoms with Crippen LogP contribution in [0.3, 0.4) is 0 Å². The molecule has 1 aliphatic rings. The number of nitrogens with one attached hydrogen (secondary N) is 1. The molecule has 0 aliphatic heterocycles. The van der Waals surface area contributed by atoms with Gasteiger partial charge in [-0.05, 0) is 25.8 Å². The van der Waals surface area contributed by atoms with E-state index >= 15 is 0 Å². The molecule has 16 heavy (non-hydrogen) atoms. The number of hydrogen-bond donors (Lipinski definition) is 1. The highest BCUT2D eigenvalue weighted by atomic mass is 15.3. The summed E-state index contributed by atoms with van der Waals surface area (Å²) in [6.07, 6.45) is 9.44. The van der Waals surface area contributed by atoms with Crippen molar-refractivity contribution in [2.24, 2.45) is 13.0 Å². The molecule has 1 N–H and O–H groups in total. The van der Waals surface area contributed by atoms with Crippen molar-refractivity contribution in [3.8, 4) is 0 Å². The van der Waals surface area contributed by atoms with E-state index in [0.717, 1.165) is 18.2 Å². The minimum atomic E-state index is 0.652. The summed E-state index contributed by atoms with van der Waals surface area (Å²) in [4.78, 5) is 4.33. The van der Waals surface area contributed by atoms with E-state index in [2.05, 4.69) is 22.4 Å². The van der Waals surface area contributed by atoms with Crippen LogP contribution in [0.15, 0.2) is 6.33 Å². The highest BCUT2D eigenvalue weighted by molar-refractivity contribution is 4.91. The molecular weight excluding hydrogens is 200 g/mol. The first-order valence-electron chi connectivity index (χ1n) is 6.31. The van der Waals surface area contributed by atoms with Gasteiger partial charge in [0.05, 0.1) is 0 Å². The highest BCUT2D eigenvalue weighted by Gasteiger charge is 2.23. The van der Waals surface area contributed by atoms with Crippen molar-refractivity contribution in [1.82, 2.24) is 20.1 Å². The van der Waals surface area contributed by atoms with Gasteiger partial charge >= 0.3 is 0 Å². The van der Waals surface area contributed by atoms with Crippen LogP contribution >= 0.6 is 0 Å². The van der Waals surface area contributed by atoms with Crippen LogP contribution in [0.5, 0.6) is 0 Å². The second-order valence-electron chi connectivity index (χ2n) is 4.80. The van der Waals surface area contributed by atoms with Gasteiger partial charge in [0.15, 0.2) is 0 Å². The lowest BCUT2D eigenvalue weighted by molar-refractivity contribution is 0.341. The maximum Gasteiger partial charge on any atom is 0.138 e. The Balaban J connectivity index is 2.03. The van der Waals surface area contributed by atoms with Crippen molar-refractivity contribution in [2.45, 2.75) is 44.6 Å². The van der Waals surface area contributed by atoms with Crippen LogP contribution in [-0.2, 0) is 13.5 Å². The van der Waals surface area contributed by atoms with Crippen molar-refractivity contribution >= 4 is 0 Å². The Morgan fingerprint density at radius 3 is 2.88 bits per heavy atom. The van der Waals surface area contributed by atoms with Gasteiger partial charge in [-0.3, -0.25) is 4.68 Å². The lowest BCUT2D eigenvalue weighted by Gasteiger charge is -2.24. The molecule has 90 valence electrons. The van der Waals surface area contributed by atoms with Gasteiger partial charge in [-0.15, -0.1) is 0 Å². The van der Waals surface area contributed by atoms with Crippen LogP contribution in [0.4, 0.5) is 0 Å². The Bertz CT molecular complexity index is 321. The molecule has 0 radical (unpaired) electrons. The van der Waals surface area contributed by atoms with Crippen molar-refractivity contribution in [3.63, 3.8) is 0 Å². The van der Waals surface area contributed by atoms with Crippen LogP contribution in [0, 0.1) is 5.92 Å². The molecule has 2 unspecified atom stereocenters. The van der Waals surface area contributed by atoms with Crippen molar-refractivity contribution in [1.29, 1.82) is 0 Å². The van der Waals surface area contributed by atoms with Crippen LogP contribution < -0.4 is 5.32 Å². The molecule has 1 saturated carbocycles. The lowest BCUT2D eigenvalue weighted by Crippen LogP contribution is -2.34. The van der Waals surface area contributed by atoms with E-state index in [1.165, 1.54) is 32.1 Å². The average Bonchev–Trinajstić information content (AvgIpc) is 2.56. The van der Waals surface area contributed by atoms with Crippen molar-refractivity contribution in [2.75, 3.05) is 7.05 Å². The van der Waals surface area contributed by atoms with Crippen LogP contribution in [0.25, 0.3) is 0 Å². The number of aromatic nitrogens is 3. The predicted octanol–water partition coefficient (Wildman–Crippen LogP) is 1.53. The molecule has 4 heteroatoms. The lowest BCUT2D eigenvalue weighted by atomic mass is 9.91. The molecule has 1 aliphatic carbocycles. The number of hydrogen-bond acceptors (Lipinski definition) is 3. The molecule has 0 aromatic carbocycles. The Kier molecular flexibility index (Phi) is 3.93. The quantitative estimate of drug-likeness (QED) is 0.789. The maximum absolute atomic E-state index is 4.33. The monoisotopic (exact) mass is 222 g/mol. The molecule has 4 nitrogen and oxygen atoms in total. The Morgan fingerprint density at radius 1 is 1.38 bits per heavy atom. The van der Waals surface area contributed by atoms with E-state index in [9.17, 15) is 0 Å². The Hall–Kier alpha value is -0.900. The summed E-state index contributed by atoms with van der Waals surface area (Å²) >= 11 is 0. The van der Waals surface area contributed by atoms with E-state index in [1.807, 2.05) is 11.7 Å². The normalized spacial score (nSPS) is 26.6. The fourth-order valence-electron chi connectivity index (χ4n) is 2.75. The first-order valence-corrected chi connectivity index (χ1v) is 6.31. The fourth-order valence-corrected chi connectivity index (χ4v) is 2.75. The van der Waals surface area contributed by atoms with Gasteiger partial charge in [0.25, 0.3) is 0 Å². The van der Waals surface area contributed by atoms with Crippen molar-refractivity contribution < 1.29 is 0 Å². The standard InChI is InChI=1S/C12H22N4/c1-13-11-7-5-3-4-6-10(11)8-12-14-9-15-16(12)2/h9-11,13H,3-8H2,1-2H3. The molecule has 1 aromatic rings. The van der Waals surface area contributed by atoms with Gasteiger partial charge in [0.2, 0.25) is 0 Å². The first kappa shape index (κ1) is 11.6. The number of rotatable bonds is 3. The predicted molar refractivity (Wildman–Crippen MR) is 64.1 cm³/mol. The average molecular weight is 222 g/mol. The fraction of sp³-hybridized carbons (Fsp3) is 0.833. The molecule has 0 saturated heterocycles. The Morgan fingerprint density at radius 2 is 2.19 bits per heavy atom. The zero-order valence-corrected chi connectivity index (χ0v) is 10.3. The number of nitrogens with zero attached hydrogens (tertiary/aromatic N) is 3. The summed E-state index contributed by atoms with van der Waals surface area (Å²) < 4.78 is 1.90. The van der Waals surface area contributed by atoms with Crippen LogP contribution in [0.2, 0.25) is 0 Å². The van der Waals surface area contributed by atoms with Gasteiger partial charge < -0.3 is 5.32 Å². The molecule has 1 fully saturated rings. The highest BCUT2D eigenvalue weighted by Crippen LogP contribution is 2.25. The molecule has 1 aromatic heterocycles. The molecule has 0 bridgehead atoms. The largest absolute Gasteiger partial charge is 0.317 e. The summed E-state index contributed by atoms with van der Waals surface area (Å²) in [5.41, 5.74) is 0. The summed E-state index contributed by atoms with van der Waals surface area (Å²) in [5.74, 6) is 1.84. The SMILES string of the molecule is CNC1CCCCCC1Cc1ncnn1C. The summed E-state index contributed by atoms with van der Waals surface area (Å²) in [6.45, 7) is 0. The zero-order valence-electron chi connectivity index (χ0n) is 10.3. The van der Waals surface area contributed by atoms with E-state index in [-0.39, 0.29) is 0 Å². The molecule has 2 rings (SSSR count). The van der Waals surface area contributed by atoms with Crippen molar-refractivity contribution in [3.05, 3.63) is 12.2 Å². The summed E-state index contributed by atoms with van der Waals surface area (Å²) in [7, 11) is 4.06. The van der Waals surface area contributed by atoms with E-state index in [4.69, 9.17) is 0 Å². The first-order chi connectivity index (χ1) is 7.81. The number of aryl methyl sites for hydroxylation is 1. The second-order valence-corrected chi connectivity index (χ2v) is 4.80. The summed E-state index contributed by atoms with van der Waals surface area (Å²) in [6, 6.07) is 0.652. The smallest absolute Gasteiger partial charge is 0.138 e. The third-order valence-electron chi connectivity index (χ3n) is 3.78. The minimum Gasteiger partial charge on any atom is -0.317 e. The van der Waals surface area contributed by atoms with Gasteiger partial charge in [-0.25, -0.2) is 4.98 Å². The van der Waals surface area contributed by atoms with Gasteiger partial charge in [-0.1, -0.05) is 19.3 Å². The third-order valence-corrected chi connectivity index (χ3v) is 3.78. The van der Waals surface area contributed by atoms with Gasteiger partial charge in [0, 0.05) is 19.5 Å². The van der Waals surface area contributed by atoms with Crippen LogP contribution in [-0.4, -0.2) is 27.9 Å². The maximum atomic E-state index is 4.33. The van der Waals surface area contributed by atoms with E-state index in [0.29, 0.717) is 6.04 Å². The molecule has 0 spiro atoms. The minimum absolute atomic E-state index is 0.652. The zero-order chi connectivity index (χ0) is 11.4. The molecule has 0 amide bonds. The molecular formula is C12H22N4. The van der Waals surface area contributed by atoms with E-state index < -0.39 is 0 Å². The Labute approximate surface area is 97.5 Å². The van der Waals surface area contributed by atoms with Gasteiger partial charge in [-0.2, -0.15) is 5.10 Å².